The zero-order chi connectivity index (χ0) is 13.9. The first-order valence-corrected chi connectivity index (χ1v) is 5.46. The van der Waals surface area contributed by atoms with Crippen molar-refractivity contribution in [2.75, 3.05) is 12.3 Å². The molecule has 0 atom stereocenters. The van der Waals surface area contributed by atoms with Gasteiger partial charge in [0.05, 0.1) is 5.56 Å². The largest absolute Gasteiger partial charge is 0.416 e. The third kappa shape index (κ3) is 3.94. The zero-order valence-electron chi connectivity index (χ0n) is 10.1. The molecule has 1 amide bonds. The van der Waals surface area contributed by atoms with Gasteiger partial charge in [0.1, 0.15) is 0 Å². The molecule has 0 saturated carbocycles. The number of rotatable bonds is 3. The maximum Gasteiger partial charge on any atom is 0.416 e. The van der Waals surface area contributed by atoms with E-state index in [-0.39, 0.29) is 17.2 Å². The number of hydrogen-bond donors (Lipinski definition) is 2. The van der Waals surface area contributed by atoms with Gasteiger partial charge in [-0.3, -0.25) is 4.79 Å². The van der Waals surface area contributed by atoms with Crippen LogP contribution >= 0.6 is 0 Å². The summed E-state index contributed by atoms with van der Waals surface area (Å²) in [6, 6.07) is 2.83. The van der Waals surface area contributed by atoms with Crippen molar-refractivity contribution in [3.8, 4) is 0 Å². The molecule has 0 radical (unpaired) electrons. The Labute approximate surface area is 103 Å². The smallest absolute Gasteiger partial charge is 0.399 e. The van der Waals surface area contributed by atoms with E-state index in [1.54, 1.807) is 0 Å². The lowest BCUT2D eigenvalue weighted by atomic mass is 10.1. The first-order valence-electron chi connectivity index (χ1n) is 5.46. The maximum atomic E-state index is 12.5. The van der Waals surface area contributed by atoms with Crippen molar-refractivity contribution in [1.82, 2.24) is 5.32 Å². The van der Waals surface area contributed by atoms with Crippen LogP contribution in [-0.2, 0) is 6.18 Å². The second kappa shape index (κ2) is 5.29. The fourth-order valence-corrected chi connectivity index (χ4v) is 1.35. The number of alkyl halides is 3. The topological polar surface area (TPSA) is 55.1 Å². The lowest BCUT2D eigenvalue weighted by Crippen LogP contribution is -2.27. The van der Waals surface area contributed by atoms with Gasteiger partial charge in [0, 0.05) is 17.8 Å². The van der Waals surface area contributed by atoms with Gasteiger partial charge in [-0.15, -0.1) is 0 Å². The Bertz CT molecular complexity index is 441. The van der Waals surface area contributed by atoms with Crippen LogP contribution in [0.4, 0.5) is 18.9 Å². The summed E-state index contributed by atoms with van der Waals surface area (Å²) in [5.41, 5.74) is 4.29. The van der Waals surface area contributed by atoms with Crippen LogP contribution in [0, 0.1) is 5.92 Å². The predicted molar refractivity (Wildman–Crippen MR) is 63.0 cm³/mol. The standard InChI is InChI=1S/C12H15F3N2O/c1-7(2)6-17-11(18)8-3-9(12(13,14)15)5-10(16)4-8/h3-5,7H,6,16H2,1-2H3,(H,17,18). The monoisotopic (exact) mass is 260 g/mol. The molecule has 1 aromatic rings. The highest BCUT2D eigenvalue weighted by atomic mass is 19.4. The van der Waals surface area contributed by atoms with Crippen molar-refractivity contribution < 1.29 is 18.0 Å². The first-order chi connectivity index (χ1) is 8.20. The summed E-state index contributed by atoms with van der Waals surface area (Å²) >= 11 is 0. The van der Waals surface area contributed by atoms with E-state index in [9.17, 15) is 18.0 Å². The molecule has 0 spiro atoms. The van der Waals surface area contributed by atoms with Gasteiger partial charge in [-0.25, -0.2) is 0 Å². The van der Waals surface area contributed by atoms with E-state index >= 15 is 0 Å². The normalized spacial score (nSPS) is 11.7. The fourth-order valence-electron chi connectivity index (χ4n) is 1.35. The Morgan fingerprint density at radius 1 is 1.33 bits per heavy atom. The molecular formula is C12H15F3N2O. The Balaban J connectivity index is 2.96. The highest BCUT2D eigenvalue weighted by Gasteiger charge is 2.31. The molecule has 3 nitrogen and oxygen atoms in total. The van der Waals surface area contributed by atoms with Crippen molar-refractivity contribution in [1.29, 1.82) is 0 Å². The number of nitrogens with one attached hydrogen (secondary N) is 1. The highest BCUT2D eigenvalue weighted by molar-refractivity contribution is 5.95. The fraction of sp³-hybridized carbons (Fsp3) is 0.417. The van der Waals surface area contributed by atoms with Crippen molar-refractivity contribution >= 4 is 11.6 Å². The van der Waals surface area contributed by atoms with Crippen LogP contribution in [0.25, 0.3) is 0 Å². The van der Waals surface area contributed by atoms with Crippen molar-refractivity contribution in [3.63, 3.8) is 0 Å². The SMILES string of the molecule is CC(C)CNC(=O)c1cc(N)cc(C(F)(F)F)c1. The molecule has 0 aromatic heterocycles. The molecular weight excluding hydrogens is 245 g/mol. The Morgan fingerprint density at radius 2 is 1.94 bits per heavy atom. The number of hydrogen-bond acceptors (Lipinski definition) is 2. The Kier molecular flexibility index (Phi) is 4.21. The number of benzene rings is 1. The molecule has 0 aliphatic carbocycles. The molecule has 0 aliphatic heterocycles. The molecule has 3 N–H and O–H groups in total. The van der Waals surface area contributed by atoms with E-state index in [0.717, 1.165) is 12.1 Å². The van der Waals surface area contributed by atoms with Crippen LogP contribution in [0.5, 0.6) is 0 Å². The highest BCUT2D eigenvalue weighted by Crippen LogP contribution is 2.31. The van der Waals surface area contributed by atoms with E-state index in [1.807, 2.05) is 13.8 Å². The summed E-state index contributed by atoms with van der Waals surface area (Å²) in [6.45, 7) is 4.18. The molecule has 0 heterocycles. The summed E-state index contributed by atoms with van der Waals surface area (Å²) in [5.74, 6) is -0.335. The molecule has 0 aliphatic rings. The van der Waals surface area contributed by atoms with Gasteiger partial charge in [0.2, 0.25) is 0 Å². The van der Waals surface area contributed by atoms with Gasteiger partial charge in [-0.05, 0) is 24.1 Å². The quantitative estimate of drug-likeness (QED) is 0.821. The summed E-state index contributed by atoms with van der Waals surface area (Å²) < 4.78 is 37.6. The number of carbonyl (C=O) groups is 1. The molecule has 0 fully saturated rings. The van der Waals surface area contributed by atoms with Gasteiger partial charge in [-0.1, -0.05) is 13.8 Å². The minimum Gasteiger partial charge on any atom is -0.399 e. The van der Waals surface area contributed by atoms with Crippen molar-refractivity contribution in [3.05, 3.63) is 29.3 Å². The number of amides is 1. The molecule has 0 bridgehead atoms. The van der Waals surface area contributed by atoms with Crippen LogP contribution in [0.15, 0.2) is 18.2 Å². The second-order valence-electron chi connectivity index (χ2n) is 4.45. The third-order valence-corrected chi connectivity index (χ3v) is 2.22. The average molecular weight is 260 g/mol. The van der Waals surface area contributed by atoms with Crippen molar-refractivity contribution in [2.45, 2.75) is 20.0 Å². The molecule has 0 saturated heterocycles. The maximum absolute atomic E-state index is 12.5. The lowest BCUT2D eigenvalue weighted by Gasteiger charge is -2.11. The number of anilines is 1. The molecule has 6 heteroatoms. The van der Waals surface area contributed by atoms with Crippen LogP contribution in [0.3, 0.4) is 0 Å². The summed E-state index contributed by atoms with van der Waals surface area (Å²) in [6.07, 6.45) is -4.51. The van der Waals surface area contributed by atoms with Gasteiger partial charge < -0.3 is 11.1 Å². The van der Waals surface area contributed by atoms with Crippen LogP contribution in [-0.4, -0.2) is 12.5 Å². The van der Waals surface area contributed by atoms with Crippen LogP contribution in [0.2, 0.25) is 0 Å². The molecule has 100 valence electrons. The summed E-state index contributed by atoms with van der Waals surface area (Å²) in [4.78, 5) is 11.6. The number of nitrogen functional groups attached to an aromatic ring is 1. The lowest BCUT2D eigenvalue weighted by molar-refractivity contribution is -0.137. The third-order valence-electron chi connectivity index (χ3n) is 2.22. The van der Waals surface area contributed by atoms with Crippen LogP contribution in [0.1, 0.15) is 29.8 Å². The minimum atomic E-state index is -4.51. The first kappa shape index (κ1) is 14.3. The summed E-state index contributed by atoms with van der Waals surface area (Å²) in [7, 11) is 0. The summed E-state index contributed by atoms with van der Waals surface area (Å²) in [5, 5.41) is 2.54. The van der Waals surface area contributed by atoms with Crippen molar-refractivity contribution in [2.24, 2.45) is 5.92 Å². The number of nitrogens with two attached hydrogens (primary N) is 1. The van der Waals surface area contributed by atoms with E-state index in [0.29, 0.717) is 6.54 Å². The van der Waals surface area contributed by atoms with E-state index in [1.165, 1.54) is 6.07 Å². The Morgan fingerprint density at radius 3 is 2.44 bits per heavy atom. The van der Waals surface area contributed by atoms with Gasteiger partial charge in [0.15, 0.2) is 0 Å². The zero-order valence-corrected chi connectivity index (χ0v) is 10.1. The molecule has 1 aromatic carbocycles. The Hall–Kier alpha value is -1.72. The second-order valence-corrected chi connectivity index (χ2v) is 4.45. The number of halogens is 3. The molecule has 0 unspecified atom stereocenters. The molecule has 18 heavy (non-hydrogen) atoms. The van der Waals surface area contributed by atoms with E-state index in [4.69, 9.17) is 5.73 Å². The van der Waals surface area contributed by atoms with E-state index < -0.39 is 17.6 Å². The predicted octanol–water partition coefficient (Wildman–Crippen LogP) is 2.67. The number of carbonyl (C=O) groups excluding carboxylic acids is 1. The molecule has 1 rings (SSSR count). The van der Waals surface area contributed by atoms with Gasteiger partial charge in [0.25, 0.3) is 5.91 Å². The van der Waals surface area contributed by atoms with Gasteiger partial charge in [-0.2, -0.15) is 13.2 Å². The van der Waals surface area contributed by atoms with Gasteiger partial charge >= 0.3 is 6.18 Å². The minimum absolute atomic E-state index is 0.0806. The van der Waals surface area contributed by atoms with E-state index in [2.05, 4.69) is 5.32 Å². The average Bonchev–Trinajstić information content (AvgIpc) is 2.23. The van der Waals surface area contributed by atoms with Crippen LogP contribution < -0.4 is 11.1 Å².